The zero-order chi connectivity index (χ0) is 11.5. The molecular weight excluding hydrogens is 238 g/mol. The van der Waals surface area contributed by atoms with Crippen LogP contribution in [0.1, 0.15) is 46.0 Å². The third kappa shape index (κ3) is 3.59. The van der Waals surface area contributed by atoms with E-state index in [0.717, 1.165) is 6.42 Å². The van der Waals surface area contributed by atoms with Crippen molar-refractivity contribution in [2.45, 2.75) is 58.1 Å². The van der Waals surface area contributed by atoms with Gasteiger partial charge in [-0.05, 0) is 38.8 Å². The molecule has 100 valence electrons. The van der Waals surface area contributed by atoms with Gasteiger partial charge < -0.3 is 4.74 Å². The summed E-state index contributed by atoms with van der Waals surface area (Å²) >= 11 is 0. The third-order valence-electron chi connectivity index (χ3n) is 3.77. The van der Waals surface area contributed by atoms with Crippen molar-refractivity contribution < 1.29 is 9.53 Å². The first kappa shape index (κ1) is 14.8. The van der Waals surface area contributed by atoms with Crippen molar-refractivity contribution >= 4 is 18.4 Å². The van der Waals surface area contributed by atoms with Crippen LogP contribution in [0.25, 0.3) is 0 Å². The van der Waals surface area contributed by atoms with Gasteiger partial charge in [0.1, 0.15) is 6.10 Å². The molecule has 4 heteroatoms. The number of carbonyl (C=O) groups excluding carboxylic acids is 1. The van der Waals surface area contributed by atoms with Crippen LogP contribution in [-0.4, -0.2) is 36.1 Å². The first-order valence-electron chi connectivity index (χ1n) is 6.63. The van der Waals surface area contributed by atoms with Crippen molar-refractivity contribution in [1.29, 1.82) is 0 Å². The van der Waals surface area contributed by atoms with E-state index in [1.807, 2.05) is 13.8 Å². The lowest BCUT2D eigenvalue weighted by Crippen LogP contribution is -2.52. The van der Waals surface area contributed by atoms with Crippen molar-refractivity contribution in [2.24, 2.45) is 5.92 Å². The van der Waals surface area contributed by atoms with Gasteiger partial charge >= 0.3 is 5.97 Å². The minimum atomic E-state index is -0.0302. The molecular formula is C13H24ClNO2. The molecule has 0 amide bonds. The second-order valence-corrected chi connectivity index (χ2v) is 5.37. The maximum absolute atomic E-state index is 11.6. The van der Waals surface area contributed by atoms with Gasteiger partial charge in [-0.2, -0.15) is 0 Å². The average molecular weight is 262 g/mol. The second-order valence-electron chi connectivity index (χ2n) is 5.37. The summed E-state index contributed by atoms with van der Waals surface area (Å²) in [6.07, 6.45) is 6.18. The number of fused-ring (bicyclic) bond motifs is 1. The lowest BCUT2D eigenvalue weighted by molar-refractivity contribution is -0.160. The van der Waals surface area contributed by atoms with Crippen LogP contribution in [-0.2, 0) is 9.53 Å². The van der Waals surface area contributed by atoms with E-state index in [2.05, 4.69) is 4.90 Å². The van der Waals surface area contributed by atoms with Crippen molar-refractivity contribution in [1.82, 2.24) is 4.90 Å². The number of rotatable bonds is 2. The van der Waals surface area contributed by atoms with E-state index in [9.17, 15) is 4.79 Å². The molecule has 2 unspecified atom stereocenters. The van der Waals surface area contributed by atoms with Gasteiger partial charge in [0, 0.05) is 6.04 Å². The second kappa shape index (κ2) is 6.60. The minimum absolute atomic E-state index is 0. The molecule has 2 aliphatic rings. The molecule has 2 rings (SSSR count). The first-order valence-corrected chi connectivity index (χ1v) is 6.63. The fraction of sp³-hybridized carbons (Fsp3) is 0.923. The summed E-state index contributed by atoms with van der Waals surface area (Å²) < 4.78 is 5.64. The zero-order valence-corrected chi connectivity index (χ0v) is 11.7. The van der Waals surface area contributed by atoms with Crippen molar-refractivity contribution in [2.75, 3.05) is 13.1 Å². The highest BCUT2D eigenvalue weighted by Gasteiger charge is 2.35. The Hall–Kier alpha value is -0.280. The maximum atomic E-state index is 11.6. The summed E-state index contributed by atoms with van der Waals surface area (Å²) in [6, 6.07) is 0.505. The number of halogens is 1. The number of nitrogens with zero attached hydrogens (tertiary/aromatic N) is 1. The highest BCUT2D eigenvalue weighted by Crippen LogP contribution is 2.28. The normalized spacial score (nSPS) is 29.4. The number of carbonyl (C=O) groups is 1. The molecule has 0 radical (unpaired) electrons. The molecule has 0 aromatic heterocycles. The molecule has 0 aliphatic carbocycles. The van der Waals surface area contributed by atoms with E-state index in [4.69, 9.17) is 4.74 Å². The van der Waals surface area contributed by atoms with Gasteiger partial charge in [0.25, 0.3) is 0 Å². The van der Waals surface area contributed by atoms with Crippen LogP contribution in [0.5, 0.6) is 0 Å². The molecule has 0 aromatic rings. The average Bonchev–Trinajstić information content (AvgIpc) is 2.29. The molecule has 2 aliphatic heterocycles. The molecule has 0 saturated carbocycles. The highest BCUT2D eigenvalue weighted by molar-refractivity contribution is 5.85. The largest absolute Gasteiger partial charge is 0.461 e. The quantitative estimate of drug-likeness (QED) is 0.716. The molecule has 2 saturated heterocycles. The monoisotopic (exact) mass is 261 g/mol. The van der Waals surface area contributed by atoms with E-state index in [1.165, 1.54) is 38.8 Å². The smallest absolute Gasteiger partial charge is 0.308 e. The van der Waals surface area contributed by atoms with E-state index in [1.54, 1.807) is 0 Å². The van der Waals surface area contributed by atoms with Gasteiger partial charge in [0.05, 0.1) is 5.92 Å². The lowest BCUT2D eigenvalue weighted by atomic mass is 9.90. The number of esters is 1. The molecule has 17 heavy (non-hydrogen) atoms. The number of ether oxygens (including phenoxy) is 1. The Labute approximate surface area is 110 Å². The van der Waals surface area contributed by atoms with Crippen LogP contribution >= 0.6 is 12.4 Å². The predicted molar refractivity (Wildman–Crippen MR) is 70.4 cm³/mol. The summed E-state index contributed by atoms with van der Waals surface area (Å²) in [5.74, 6) is -0.0311. The fourth-order valence-electron chi connectivity index (χ4n) is 2.83. The van der Waals surface area contributed by atoms with E-state index < -0.39 is 0 Å². The summed E-state index contributed by atoms with van der Waals surface area (Å²) in [4.78, 5) is 14.2. The molecule has 2 fully saturated rings. The number of hydrogen-bond acceptors (Lipinski definition) is 3. The lowest BCUT2D eigenvalue weighted by Gasteiger charge is -2.43. The molecule has 0 spiro atoms. The van der Waals surface area contributed by atoms with Crippen molar-refractivity contribution in [3.05, 3.63) is 0 Å². The Kier molecular flexibility index (Phi) is 5.74. The molecule has 0 bridgehead atoms. The molecule has 0 aromatic carbocycles. The minimum Gasteiger partial charge on any atom is -0.461 e. The molecule has 0 N–H and O–H groups in total. The van der Waals surface area contributed by atoms with Crippen LogP contribution < -0.4 is 0 Å². The Morgan fingerprint density at radius 1 is 1.18 bits per heavy atom. The van der Waals surface area contributed by atoms with E-state index in [-0.39, 0.29) is 30.4 Å². The standard InChI is InChI=1S/C13H23NO2.ClH/c1-10(2)13(15)16-12-7-5-9-14-8-4-3-6-11(12)14;/h10-12H,3-9H2,1-2H3;1H. The first-order chi connectivity index (χ1) is 7.68. The van der Waals surface area contributed by atoms with Gasteiger partial charge in [-0.3, -0.25) is 9.69 Å². The van der Waals surface area contributed by atoms with Crippen LogP contribution in [0.2, 0.25) is 0 Å². The van der Waals surface area contributed by atoms with Gasteiger partial charge in [-0.25, -0.2) is 0 Å². The van der Waals surface area contributed by atoms with Crippen LogP contribution in [0.15, 0.2) is 0 Å². The van der Waals surface area contributed by atoms with Crippen molar-refractivity contribution in [3.8, 4) is 0 Å². The predicted octanol–water partition coefficient (Wildman–Crippen LogP) is 2.62. The Balaban J connectivity index is 0.00000144. The number of piperidine rings is 2. The summed E-state index contributed by atoms with van der Waals surface area (Å²) in [5.41, 5.74) is 0. The Morgan fingerprint density at radius 3 is 2.59 bits per heavy atom. The van der Waals surface area contributed by atoms with E-state index in [0.29, 0.717) is 6.04 Å². The third-order valence-corrected chi connectivity index (χ3v) is 3.77. The molecule has 2 heterocycles. The van der Waals surface area contributed by atoms with Crippen LogP contribution in [0.4, 0.5) is 0 Å². The van der Waals surface area contributed by atoms with Crippen LogP contribution in [0.3, 0.4) is 0 Å². The topological polar surface area (TPSA) is 29.5 Å². The Morgan fingerprint density at radius 2 is 1.88 bits per heavy atom. The highest BCUT2D eigenvalue weighted by atomic mass is 35.5. The summed E-state index contributed by atoms with van der Waals surface area (Å²) in [5, 5.41) is 0. The fourth-order valence-corrected chi connectivity index (χ4v) is 2.83. The van der Waals surface area contributed by atoms with Gasteiger partial charge in [-0.15, -0.1) is 12.4 Å². The molecule has 2 atom stereocenters. The Bertz CT molecular complexity index is 256. The zero-order valence-electron chi connectivity index (χ0n) is 10.9. The van der Waals surface area contributed by atoms with Gasteiger partial charge in [0.15, 0.2) is 0 Å². The van der Waals surface area contributed by atoms with Crippen LogP contribution in [0, 0.1) is 5.92 Å². The van der Waals surface area contributed by atoms with E-state index >= 15 is 0 Å². The van der Waals surface area contributed by atoms with Gasteiger partial charge in [-0.1, -0.05) is 20.3 Å². The summed E-state index contributed by atoms with van der Waals surface area (Å²) in [7, 11) is 0. The number of hydrogen-bond donors (Lipinski definition) is 0. The molecule has 3 nitrogen and oxygen atoms in total. The van der Waals surface area contributed by atoms with Gasteiger partial charge in [0.2, 0.25) is 0 Å². The SMILES string of the molecule is CC(C)C(=O)OC1CCCN2CCCCC12.Cl. The summed E-state index contributed by atoms with van der Waals surface area (Å²) in [6.45, 7) is 6.20. The van der Waals surface area contributed by atoms with Crippen molar-refractivity contribution in [3.63, 3.8) is 0 Å². The maximum Gasteiger partial charge on any atom is 0.308 e.